The van der Waals surface area contributed by atoms with Crippen molar-refractivity contribution >= 4 is 5.82 Å². The fourth-order valence-corrected chi connectivity index (χ4v) is 1.93. The zero-order valence-electron chi connectivity index (χ0n) is 7.95. The molecule has 0 radical (unpaired) electrons. The standard InChI is InChI=1S/C10H15N3/c1-6-9(11)13(8-4-5-8)10(12-6)7-2-3-7/h7-8H,2-5,11H2,1H3. The first-order valence-corrected chi connectivity index (χ1v) is 5.11. The largest absolute Gasteiger partial charge is 0.384 e. The van der Waals surface area contributed by atoms with Crippen molar-refractivity contribution < 1.29 is 0 Å². The minimum Gasteiger partial charge on any atom is -0.384 e. The van der Waals surface area contributed by atoms with Crippen LogP contribution < -0.4 is 5.73 Å². The van der Waals surface area contributed by atoms with E-state index in [-0.39, 0.29) is 0 Å². The summed E-state index contributed by atoms with van der Waals surface area (Å²) in [5.74, 6) is 2.89. The summed E-state index contributed by atoms with van der Waals surface area (Å²) in [6.45, 7) is 2.01. The van der Waals surface area contributed by atoms with E-state index >= 15 is 0 Å². The van der Waals surface area contributed by atoms with E-state index in [4.69, 9.17) is 5.73 Å². The molecule has 2 saturated carbocycles. The van der Waals surface area contributed by atoms with Crippen LogP contribution in [0.2, 0.25) is 0 Å². The van der Waals surface area contributed by atoms with E-state index in [2.05, 4.69) is 9.55 Å². The van der Waals surface area contributed by atoms with Crippen LogP contribution in [0.25, 0.3) is 0 Å². The molecule has 0 aromatic carbocycles. The molecular formula is C10H15N3. The Labute approximate surface area is 78.0 Å². The lowest BCUT2D eigenvalue weighted by Crippen LogP contribution is -2.04. The Kier molecular flexibility index (Phi) is 1.30. The summed E-state index contributed by atoms with van der Waals surface area (Å²) < 4.78 is 2.28. The van der Waals surface area contributed by atoms with Crippen molar-refractivity contribution in [2.24, 2.45) is 0 Å². The molecule has 1 aromatic rings. The number of hydrogen-bond acceptors (Lipinski definition) is 2. The monoisotopic (exact) mass is 177 g/mol. The second-order valence-corrected chi connectivity index (χ2v) is 4.32. The van der Waals surface area contributed by atoms with Crippen LogP contribution in [0.15, 0.2) is 0 Å². The SMILES string of the molecule is Cc1nc(C2CC2)n(C2CC2)c1N. The number of imidazole rings is 1. The third kappa shape index (κ3) is 1.06. The molecule has 2 aliphatic carbocycles. The molecule has 3 nitrogen and oxygen atoms in total. The third-order valence-electron chi connectivity index (χ3n) is 3.01. The molecule has 2 N–H and O–H groups in total. The lowest BCUT2D eigenvalue weighted by atomic mass is 10.4. The molecule has 0 spiro atoms. The molecule has 0 amide bonds. The van der Waals surface area contributed by atoms with Gasteiger partial charge in [-0.25, -0.2) is 4.98 Å². The molecular weight excluding hydrogens is 162 g/mol. The second-order valence-electron chi connectivity index (χ2n) is 4.32. The van der Waals surface area contributed by atoms with Crippen LogP contribution in [0.4, 0.5) is 5.82 Å². The van der Waals surface area contributed by atoms with Gasteiger partial charge in [-0.15, -0.1) is 0 Å². The van der Waals surface area contributed by atoms with E-state index in [0.29, 0.717) is 6.04 Å². The van der Waals surface area contributed by atoms with Crippen LogP contribution in [0.1, 0.15) is 49.2 Å². The number of aromatic nitrogens is 2. The number of rotatable bonds is 2. The molecule has 0 saturated heterocycles. The highest BCUT2D eigenvalue weighted by Gasteiger charge is 2.35. The average Bonchev–Trinajstić information content (AvgIpc) is 2.98. The zero-order chi connectivity index (χ0) is 9.00. The van der Waals surface area contributed by atoms with Crippen LogP contribution in [-0.4, -0.2) is 9.55 Å². The van der Waals surface area contributed by atoms with E-state index in [0.717, 1.165) is 17.4 Å². The smallest absolute Gasteiger partial charge is 0.126 e. The van der Waals surface area contributed by atoms with Crippen molar-refractivity contribution in [1.29, 1.82) is 0 Å². The molecule has 0 unspecified atom stereocenters. The van der Waals surface area contributed by atoms with Gasteiger partial charge in [-0.05, 0) is 32.6 Å². The van der Waals surface area contributed by atoms with Gasteiger partial charge in [0.15, 0.2) is 0 Å². The van der Waals surface area contributed by atoms with Gasteiger partial charge in [-0.2, -0.15) is 0 Å². The number of nitrogens with zero attached hydrogens (tertiary/aromatic N) is 2. The Morgan fingerprint density at radius 3 is 2.54 bits per heavy atom. The minimum atomic E-state index is 0.678. The summed E-state index contributed by atoms with van der Waals surface area (Å²) in [4.78, 5) is 4.57. The van der Waals surface area contributed by atoms with Crippen molar-refractivity contribution in [2.45, 2.75) is 44.6 Å². The van der Waals surface area contributed by atoms with Gasteiger partial charge in [0.05, 0.1) is 5.69 Å². The topological polar surface area (TPSA) is 43.8 Å². The van der Waals surface area contributed by atoms with Gasteiger partial charge >= 0.3 is 0 Å². The Hall–Kier alpha value is -0.990. The Morgan fingerprint density at radius 1 is 1.31 bits per heavy atom. The van der Waals surface area contributed by atoms with Crippen LogP contribution in [0.5, 0.6) is 0 Å². The Morgan fingerprint density at radius 2 is 2.00 bits per heavy atom. The van der Waals surface area contributed by atoms with Gasteiger partial charge in [0.2, 0.25) is 0 Å². The maximum absolute atomic E-state index is 6.01. The number of nitrogens with two attached hydrogens (primary N) is 1. The normalized spacial score (nSPS) is 22.2. The van der Waals surface area contributed by atoms with E-state index in [1.165, 1.54) is 31.5 Å². The first-order chi connectivity index (χ1) is 6.27. The van der Waals surface area contributed by atoms with Crippen molar-refractivity contribution in [2.75, 3.05) is 5.73 Å². The zero-order valence-corrected chi connectivity index (χ0v) is 7.95. The molecule has 1 aromatic heterocycles. The predicted octanol–water partition coefficient (Wildman–Crippen LogP) is 1.99. The van der Waals surface area contributed by atoms with Gasteiger partial charge in [0.25, 0.3) is 0 Å². The lowest BCUT2D eigenvalue weighted by molar-refractivity contribution is 0.691. The van der Waals surface area contributed by atoms with Crippen LogP contribution in [0.3, 0.4) is 0 Å². The summed E-state index contributed by atoms with van der Waals surface area (Å²) in [6.07, 6.45) is 5.20. The summed E-state index contributed by atoms with van der Waals surface area (Å²) >= 11 is 0. The minimum absolute atomic E-state index is 0.678. The molecule has 0 atom stereocenters. The first-order valence-electron chi connectivity index (χ1n) is 5.11. The van der Waals surface area contributed by atoms with Crippen molar-refractivity contribution in [1.82, 2.24) is 9.55 Å². The molecule has 13 heavy (non-hydrogen) atoms. The Bertz CT molecular complexity index is 345. The van der Waals surface area contributed by atoms with E-state index < -0.39 is 0 Å². The van der Waals surface area contributed by atoms with Gasteiger partial charge < -0.3 is 10.3 Å². The molecule has 2 fully saturated rings. The predicted molar refractivity (Wildman–Crippen MR) is 51.6 cm³/mol. The fourth-order valence-electron chi connectivity index (χ4n) is 1.93. The third-order valence-corrected chi connectivity index (χ3v) is 3.01. The molecule has 0 aliphatic heterocycles. The highest BCUT2D eigenvalue weighted by Crippen LogP contribution is 2.46. The number of nitrogen functional groups attached to an aromatic ring is 1. The van der Waals surface area contributed by atoms with E-state index in [9.17, 15) is 0 Å². The van der Waals surface area contributed by atoms with E-state index in [1.54, 1.807) is 0 Å². The average molecular weight is 177 g/mol. The van der Waals surface area contributed by atoms with Gasteiger partial charge in [0.1, 0.15) is 11.6 Å². The quantitative estimate of drug-likeness (QED) is 0.750. The van der Waals surface area contributed by atoms with Gasteiger partial charge in [0, 0.05) is 12.0 Å². The van der Waals surface area contributed by atoms with Gasteiger partial charge in [-0.3, -0.25) is 0 Å². The number of hydrogen-bond donors (Lipinski definition) is 1. The molecule has 3 heteroatoms. The van der Waals surface area contributed by atoms with Crippen LogP contribution in [0, 0.1) is 6.92 Å². The highest BCUT2D eigenvalue weighted by atomic mass is 15.2. The molecule has 1 heterocycles. The first kappa shape index (κ1) is 7.42. The summed E-state index contributed by atoms with van der Waals surface area (Å²) in [5.41, 5.74) is 7.03. The molecule has 0 bridgehead atoms. The maximum atomic E-state index is 6.01. The fraction of sp³-hybridized carbons (Fsp3) is 0.700. The number of aryl methyl sites for hydroxylation is 1. The van der Waals surface area contributed by atoms with Crippen molar-refractivity contribution in [3.8, 4) is 0 Å². The van der Waals surface area contributed by atoms with E-state index in [1.807, 2.05) is 6.92 Å². The maximum Gasteiger partial charge on any atom is 0.126 e. The second kappa shape index (κ2) is 2.28. The Balaban J connectivity index is 2.09. The molecule has 2 aliphatic rings. The molecule has 70 valence electrons. The lowest BCUT2D eigenvalue weighted by Gasteiger charge is -2.06. The van der Waals surface area contributed by atoms with Crippen LogP contribution in [-0.2, 0) is 0 Å². The molecule has 3 rings (SSSR count). The van der Waals surface area contributed by atoms with Gasteiger partial charge in [-0.1, -0.05) is 0 Å². The summed E-state index contributed by atoms with van der Waals surface area (Å²) in [5, 5.41) is 0. The van der Waals surface area contributed by atoms with Crippen molar-refractivity contribution in [3.05, 3.63) is 11.5 Å². The highest BCUT2D eigenvalue weighted by molar-refractivity contribution is 5.40. The summed E-state index contributed by atoms with van der Waals surface area (Å²) in [7, 11) is 0. The van der Waals surface area contributed by atoms with Crippen molar-refractivity contribution in [3.63, 3.8) is 0 Å². The summed E-state index contributed by atoms with van der Waals surface area (Å²) in [6, 6.07) is 0.678. The van der Waals surface area contributed by atoms with Crippen LogP contribution >= 0.6 is 0 Å². The number of anilines is 1.